The molecular weight excluding hydrogens is 521 g/mol. The van der Waals surface area contributed by atoms with E-state index in [1.807, 2.05) is 0 Å². The zero-order chi connectivity index (χ0) is 25.8. The minimum atomic E-state index is -3.84. The first-order chi connectivity index (χ1) is 15.7. The van der Waals surface area contributed by atoms with E-state index in [9.17, 15) is 18.0 Å². The standard InChI is InChI=1S/C23H28Cl3N3O4S/c1-14(2)27-23(31)16(4)28(12-17-7-8-18(24)10-21(17)26)22(30)13-29(34(5,32)33)19-9-6-15(3)20(25)11-19/h6-11,14,16H,12-13H2,1-5H3,(H,27,31)/t16-/m0/s1. The number of halogens is 3. The predicted octanol–water partition coefficient (Wildman–Crippen LogP) is 4.66. The first-order valence-corrected chi connectivity index (χ1v) is 13.5. The van der Waals surface area contributed by atoms with Crippen molar-refractivity contribution in [2.75, 3.05) is 17.1 Å². The Kier molecular flexibility index (Phi) is 9.65. The molecule has 0 aliphatic heterocycles. The fourth-order valence-corrected chi connectivity index (χ4v) is 4.66. The van der Waals surface area contributed by atoms with E-state index in [0.717, 1.165) is 16.1 Å². The van der Waals surface area contributed by atoms with Crippen molar-refractivity contribution in [2.45, 2.75) is 46.3 Å². The summed E-state index contributed by atoms with van der Waals surface area (Å²) in [6, 6.07) is 8.51. The average molecular weight is 549 g/mol. The molecule has 0 aliphatic rings. The molecule has 0 bridgehead atoms. The Hall–Kier alpha value is -2.00. The summed E-state index contributed by atoms with van der Waals surface area (Å²) >= 11 is 18.5. The molecule has 7 nitrogen and oxygen atoms in total. The van der Waals surface area contributed by atoms with Gasteiger partial charge in [-0.05, 0) is 63.1 Å². The van der Waals surface area contributed by atoms with Gasteiger partial charge < -0.3 is 10.2 Å². The first-order valence-electron chi connectivity index (χ1n) is 10.5. The summed E-state index contributed by atoms with van der Waals surface area (Å²) in [6.45, 7) is 6.43. The lowest BCUT2D eigenvalue weighted by molar-refractivity contribution is -0.139. The van der Waals surface area contributed by atoms with Crippen LogP contribution in [0, 0.1) is 6.92 Å². The highest BCUT2D eigenvalue weighted by Gasteiger charge is 2.30. The smallest absolute Gasteiger partial charge is 0.244 e. The zero-order valence-corrected chi connectivity index (χ0v) is 22.7. The second-order valence-electron chi connectivity index (χ2n) is 8.30. The molecular formula is C23H28Cl3N3O4S. The monoisotopic (exact) mass is 547 g/mol. The van der Waals surface area contributed by atoms with Crippen molar-refractivity contribution in [3.63, 3.8) is 0 Å². The quantitative estimate of drug-likeness (QED) is 0.494. The van der Waals surface area contributed by atoms with Gasteiger partial charge in [0.05, 0.1) is 11.9 Å². The van der Waals surface area contributed by atoms with Crippen LogP contribution in [0.15, 0.2) is 36.4 Å². The molecule has 0 aliphatic carbocycles. The normalized spacial score (nSPS) is 12.4. The molecule has 2 aromatic rings. The fraction of sp³-hybridized carbons (Fsp3) is 0.391. The van der Waals surface area contributed by atoms with Crippen LogP contribution < -0.4 is 9.62 Å². The highest BCUT2D eigenvalue weighted by molar-refractivity contribution is 7.92. The molecule has 0 spiro atoms. The van der Waals surface area contributed by atoms with E-state index in [1.165, 1.54) is 17.0 Å². The number of nitrogens with one attached hydrogen (secondary N) is 1. The van der Waals surface area contributed by atoms with Crippen LogP contribution in [0.5, 0.6) is 0 Å². The van der Waals surface area contributed by atoms with Crippen LogP contribution in [0.2, 0.25) is 15.1 Å². The summed E-state index contributed by atoms with van der Waals surface area (Å²) in [5.41, 5.74) is 1.58. The molecule has 0 saturated carbocycles. The van der Waals surface area contributed by atoms with E-state index in [4.69, 9.17) is 34.8 Å². The Balaban J connectivity index is 2.44. The van der Waals surface area contributed by atoms with Gasteiger partial charge in [0.2, 0.25) is 21.8 Å². The molecule has 0 heterocycles. The number of carbonyl (C=O) groups is 2. The Morgan fingerprint density at radius 1 is 1.00 bits per heavy atom. The van der Waals surface area contributed by atoms with Crippen LogP contribution >= 0.6 is 34.8 Å². The summed E-state index contributed by atoms with van der Waals surface area (Å²) < 4.78 is 26.1. The Morgan fingerprint density at radius 3 is 2.18 bits per heavy atom. The topological polar surface area (TPSA) is 86.8 Å². The summed E-state index contributed by atoms with van der Waals surface area (Å²) in [5.74, 6) is -0.961. The third-order valence-corrected chi connectivity index (χ3v) is 7.21. The number of nitrogens with zero attached hydrogens (tertiary/aromatic N) is 2. The van der Waals surface area contributed by atoms with Crippen molar-refractivity contribution >= 4 is 62.3 Å². The average Bonchev–Trinajstić information content (AvgIpc) is 2.71. The molecule has 0 unspecified atom stereocenters. The van der Waals surface area contributed by atoms with Crippen LogP contribution in [0.25, 0.3) is 0 Å². The predicted molar refractivity (Wildman–Crippen MR) is 138 cm³/mol. The molecule has 0 aromatic heterocycles. The van der Waals surface area contributed by atoms with E-state index in [2.05, 4.69) is 5.32 Å². The number of hydrogen-bond acceptors (Lipinski definition) is 4. The van der Waals surface area contributed by atoms with Gasteiger partial charge in [0.25, 0.3) is 0 Å². The number of hydrogen-bond donors (Lipinski definition) is 1. The van der Waals surface area contributed by atoms with Crippen molar-refractivity contribution in [1.82, 2.24) is 10.2 Å². The van der Waals surface area contributed by atoms with Gasteiger partial charge >= 0.3 is 0 Å². The van der Waals surface area contributed by atoms with Gasteiger partial charge in [0.1, 0.15) is 12.6 Å². The molecule has 2 aromatic carbocycles. The molecule has 186 valence electrons. The third kappa shape index (κ3) is 7.50. The number of benzene rings is 2. The van der Waals surface area contributed by atoms with E-state index in [1.54, 1.807) is 52.0 Å². The van der Waals surface area contributed by atoms with Gasteiger partial charge in [-0.3, -0.25) is 13.9 Å². The molecule has 0 radical (unpaired) electrons. The number of amides is 2. The second-order valence-corrected chi connectivity index (χ2v) is 11.5. The van der Waals surface area contributed by atoms with Crippen molar-refractivity contribution in [3.8, 4) is 0 Å². The van der Waals surface area contributed by atoms with E-state index in [0.29, 0.717) is 20.6 Å². The lowest BCUT2D eigenvalue weighted by Gasteiger charge is -2.32. The summed E-state index contributed by atoms with van der Waals surface area (Å²) in [4.78, 5) is 27.5. The third-order valence-electron chi connectivity index (χ3n) is 5.08. The van der Waals surface area contributed by atoms with Crippen LogP contribution in [0.3, 0.4) is 0 Å². The van der Waals surface area contributed by atoms with Gasteiger partial charge in [0, 0.05) is 27.7 Å². The highest BCUT2D eigenvalue weighted by atomic mass is 35.5. The molecule has 1 atom stereocenters. The van der Waals surface area contributed by atoms with Crippen LogP contribution in [0.4, 0.5) is 5.69 Å². The molecule has 0 saturated heterocycles. The lowest BCUT2D eigenvalue weighted by Crippen LogP contribution is -2.52. The van der Waals surface area contributed by atoms with Crippen molar-refractivity contribution in [1.29, 1.82) is 0 Å². The van der Waals surface area contributed by atoms with Gasteiger partial charge in [-0.1, -0.05) is 46.9 Å². The van der Waals surface area contributed by atoms with Crippen LogP contribution in [0.1, 0.15) is 31.9 Å². The summed E-state index contributed by atoms with van der Waals surface area (Å²) in [6.07, 6.45) is 1.00. The fourth-order valence-electron chi connectivity index (χ4n) is 3.17. The van der Waals surface area contributed by atoms with Crippen LogP contribution in [-0.2, 0) is 26.2 Å². The van der Waals surface area contributed by atoms with Crippen molar-refractivity contribution in [3.05, 3.63) is 62.6 Å². The highest BCUT2D eigenvalue weighted by Crippen LogP contribution is 2.26. The SMILES string of the molecule is Cc1ccc(N(CC(=O)N(Cc2ccc(Cl)cc2Cl)[C@@H](C)C(=O)NC(C)C)S(C)(=O)=O)cc1Cl. The van der Waals surface area contributed by atoms with Gasteiger partial charge in [0.15, 0.2) is 0 Å². The molecule has 2 amide bonds. The van der Waals surface area contributed by atoms with Crippen LogP contribution in [-0.4, -0.2) is 50.0 Å². The zero-order valence-electron chi connectivity index (χ0n) is 19.6. The molecule has 1 N–H and O–H groups in total. The maximum absolute atomic E-state index is 13.5. The first kappa shape index (κ1) is 28.2. The minimum Gasteiger partial charge on any atom is -0.352 e. The Bertz CT molecular complexity index is 1170. The van der Waals surface area contributed by atoms with Gasteiger partial charge in [-0.25, -0.2) is 8.42 Å². The Labute approximate surface area is 216 Å². The van der Waals surface area contributed by atoms with E-state index < -0.39 is 28.5 Å². The number of anilines is 1. The lowest BCUT2D eigenvalue weighted by atomic mass is 10.1. The number of carbonyl (C=O) groups excluding carboxylic acids is 2. The largest absolute Gasteiger partial charge is 0.352 e. The van der Waals surface area contributed by atoms with Gasteiger partial charge in [-0.15, -0.1) is 0 Å². The Morgan fingerprint density at radius 2 is 1.65 bits per heavy atom. The number of sulfonamides is 1. The maximum atomic E-state index is 13.5. The number of aryl methyl sites for hydroxylation is 1. The maximum Gasteiger partial charge on any atom is 0.244 e. The summed E-state index contributed by atoms with van der Waals surface area (Å²) in [7, 11) is -3.84. The second kappa shape index (κ2) is 11.6. The van der Waals surface area contributed by atoms with E-state index >= 15 is 0 Å². The molecule has 0 fully saturated rings. The summed E-state index contributed by atoms with van der Waals surface area (Å²) in [5, 5.41) is 3.90. The van der Waals surface area contributed by atoms with Crippen molar-refractivity contribution in [2.24, 2.45) is 0 Å². The molecule has 11 heteroatoms. The molecule has 34 heavy (non-hydrogen) atoms. The van der Waals surface area contributed by atoms with E-state index in [-0.39, 0.29) is 24.2 Å². The van der Waals surface area contributed by atoms with Crippen molar-refractivity contribution < 1.29 is 18.0 Å². The number of rotatable bonds is 9. The molecule has 2 rings (SSSR count). The minimum absolute atomic E-state index is 0.0201. The van der Waals surface area contributed by atoms with Gasteiger partial charge in [-0.2, -0.15) is 0 Å².